The van der Waals surface area contributed by atoms with Crippen LogP contribution in [0.3, 0.4) is 0 Å². The van der Waals surface area contributed by atoms with Gasteiger partial charge in [0.05, 0.1) is 12.5 Å². The second-order valence-corrected chi connectivity index (χ2v) is 6.82. The largest absolute Gasteiger partial charge is 0.480 e. The van der Waals surface area contributed by atoms with Gasteiger partial charge in [0.25, 0.3) is 0 Å². The molecule has 3 aliphatic heterocycles. The SMILES string of the molecule is O=C(O)CN1CCN(C(=O)C2CCN(C3CCOCC3)C2)CC1. The number of amides is 1. The molecule has 130 valence electrons. The van der Waals surface area contributed by atoms with Crippen molar-refractivity contribution in [2.75, 3.05) is 59.0 Å². The summed E-state index contributed by atoms with van der Waals surface area (Å²) in [5, 5.41) is 8.83. The summed E-state index contributed by atoms with van der Waals surface area (Å²) in [6, 6.07) is 0.578. The molecule has 7 heteroatoms. The molecule has 3 heterocycles. The first kappa shape index (κ1) is 16.7. The Morgan fingerprint density at radius 1 is 1.00 bits per heavy atom. The van der Waals surface area contributed by atoms with E-state index < -0.39 is 5.97 Å². The molecule has 1 unspecified atom stereocenters. The predicted octanol–water partition coefficient (Wildman–Crippen LogP) is -0.284. The molecule has 1 atom stereocenters. The average molecular weight is 325 g/mol. The zero-order chi connectivity index (χ0) is 16.2. The Morgan fingerprint density at radius 3 is 2.35 bits per heavy atom. The van der Waals surface area contributed by atoms with Crippen LogP contribution in [0.25, 0.3) is 0 Å². The van der Waals surface area contributed by atoms with Gasteiger partial charge in [-0.15, -0.1) is 0 Å². The lowest BCUT2D eigenvalue weighted by Crippen LogP contribution is -2.51. The van der Waals surface area contributed by atoms with Crippen molar-refractivity contribution in [2.45, 2.75) is 25.3 Å². The van der Waals surface area contributed by atoms with E-state index in [1.807, 2.05) is 9.80 Å². The Balaban J connectivity index is 1.45. The van der Waals surface area contributed by atoms with Crippen molar-refractivity contribution >= 4 is 11.9 Å². The molecule has 0 spiro atoms. The molecule has 0 aromatic heterocycles. The van der Waals surface area contributed by atoms with E-state index >= 15 is 0 Å². The van der Waals surface area contributed by atoms with Crippen molar-refractivity contribution in [3.05, 3.63) is 0 Å². The minimum Gasteiger partial charge on any atom is -0.480 e. The van der Waals surface area contributed by atoms with Crippen LogP contribution in [0.2, 0.25) is 0 Å². The van der Waals surface area contributed by atoms with Crippen molar-refractivity contribution < 1.29 is 19.4 Å². The number of ether oxygens (including phenoxy) is 1. The third-order valence-corrected chi connectivity index (χ3v) is 5.32. The van der Waals surface area contributed by atoms with Crippen LogP contribution < -0.4 is 0 Å². The van der Waals surface area contributed by atoms with Gasteiger partial charge in [-0.1, -0.05) is 0 Å². The maximum atomic E-state index is 12.7. The summed E-state index contributed by atoms with van der Waals surface area (Å²) in [5.41, 5.74) is 0. The summed E-state index contributed by atoms with van der Waals surface area (Å²) in [7, 11) is 0. The number of carboxylic acids is 1. The van der Waals surface area contributed by atoms with Crippen LogP contribution in [0.15, 0.2) is 0 Å². The number of nitrogens with zero attached hydrogens (tertiary/aromatic N) is 3. The van der Waals surface area contributed by atoms with Gasteiger partial charge in [-0.05, 0) is 25.8 Å². The molecule has 0 aromatic carbocycles. The number of rotatable bonds is 4. The second kappa shape index (κ2) is 7.59. The fourth-order valence-electron chi connectivity index (χ4n) is 3.95. The smallest absolute Gasteiger partial charge is 0.317 e. The third kappa shape index (κ3) is 4.22. The van der Waals surface area contributed by atoms with Crippen molar-refractivity contribution in [3.8, 4) is 0 Å². The molecule has 0 bridgehead atoms. The maximum Gasteiger partial charge on any atom is 0.317 e. The van der Waals surface area contributed by atoms with Crippen molar-refractivity contribution in [1.82, 2.24) is 14.7 Å². The van der Waals surface area contributed by atoms with E-state index in [-0.39, 0.29) is 18.4 Å². The van der Waals surface area contributed by atoms with E-state index in [0.29, 0.717) is 32.2 Å². The summed E-state index contributed by atoms with van der Waals surface area (Å²) in [6.45, 7) is 6.27. The molecule has 3 fully saturated rings. The van der Waals surface area contributed by atoms with Crippen molar-refractivity contribution in [1.29, 1.82) is 0 Å². The summed E-state index contributed by atoms with van der Waals surface area (Å²) in [6.07, 6.45) is 3.11. The van der Waals surface area contributed by atoms with Crippen LogP contribution in [0, 0.1) is 5.92 Å². The molecule has 0 saturated carbocycles. The number of carbonyl (C=O) groups is 2. The van der Waals surface area contributed by atoms with E-state index in [0.717, 1.165) is 45.6 Å². The quantitative estimate of drug-likeness (QED) is 0.766. The van der Waals surface area contributed by atoms with Crippen LogP contribution in [-0.2, 0) is 14.3 Å². The second-order valence-electron chi connectivity index (χ2n) is 6.82. The normalized spacial score (nSPS) is 28.2. The zero-order valence-electron chi connectivity index (χ0n) is 13.7. The average Bonchev–Trinajstić information content (AvgIpc) is 3.05. The Morgan fingerprint density at radius 2 is 1.70 bits per heavy atom. The summed E-state index contributed by atoms with van der Waals surface area (Å²) in [5.74, 6) is -0.425. The van der Waals surface area contributed by atoms with Crippen LogP contribution in [0.1, 0.15) is 19.3 Å². The van der Waals surface area contributed by atoms with Gasteiger partial charge >= 0.3 is 5.97 Å². The minimum atomic E-state index is -0.798. The first-order valence-corrected chi connectivity index (χ1v) is 8.68. The molecular weight excluding hydrogens is 298 g/mol. The predicted molar refractivity (Wildman–Crippen MR) is 84.2 cm³/mol. The van der Waals surface area contributed by atoms with Gasteiger partial charge in [-0.2, -0.15) is 0 Å². The lowest BCUT2D eigenvalue weighted by molar-refractivity contribution is -0.140. The van der Waals surface area contributed by atoms with Gasteiger partial charge < -0.3 is 14.7 Å². The maximum absolute atomic E-state index is 12.7. The summed E-state index contributed by atoms with van der Waals surface area (Å²) < 4.78 is 5.42. The topological polar surface area (TPSA) is 73.3 Å². The first-order chi connectivity index (χ1) is 11.1. The Bertz CT molecular complexity index is 431. The van der Waals surface area contributed by atoms with Crippen LogP contribution >= 0.6 is 0 Å². The van der Waals surface area contributed by atoms with Crippen LogP contribution in [0.4, 0.5) is 0 Å². The molecule has 3 aliphatic rings. The standard InChI is InChI=1S/C16H27N3O4/c20-15(21)12-17-5-7-18(8-6-17)16(22)13-1-4-19(11-13)14-2-9-23-10-3-14/h13-14H,1-12H2,(H,20,21). The molecule has 23 heavy (non-hydrogen) atoms. The van der Waals surface area contributed by atoms with E-state index in [2.05, 4.69) is 4.90 Å². The number of carboxylic acid groups (broad SMARTS) is 1. The molecule has 0 aromatic rings. The van der Waals surface area contributed by atoms with E-state index in [1.165, 1.54) is 0 Å². The molecule has 0 aliphatic carbocycles. The number of hydrogen-bond acceptors (Lipinski definition) is 5. The molecule has 3 rings (SSSR count). The summed E-state index contributed by atoms with van der Waals surface area (Å²) >= 11 is 0. The lowest BCUT2D eigenvalue weighted by Gasteiger charge is -2.35. The highest BCUT2D eigenvalue weighted by atomic mass is 16.5. The number of aliphatic carboxylic acids is 1. The molecule has 0 radical (unpaired) electrons. The van der Waals surface area contributed by atoms with Gasteiger partial charge in [0.2, 0.25) is 5.91 Å². The van der Waals surface area contributed by atoms with Crippen molar-refractivity contribution in [2.24, 2.45) is 5.92 Å². The first-order valence-electron chi connectivity index (χ1n) is 8.68. The number of piperazine rings is 1. The van der Waals surface area contributed by atoms with Crippen LogP contribution in [-0.4, -0.2) is 96.8 Å². The number of carbonyl (C=O) groups excluding carboxylic acids is 1. The van der Waals surface area contributed by atoms with Gasteiger partial charge in [0, 0.05) is 52.0 Å². The Hall–Kier alpha value is -1.18. The molecule has 7 nitrogen and oxygen atoms in total. The molecule has 1 N–H and O–H groups in total. The Labute approximate surface area is 137 Å². The van der Waals surface area contributed by atoms with E-state index in [4.69, 9.17) is 9.84 Å². The fourth-order valence-corrected chi connectivity index (χ4v) is 3.95. The van der Waals surface area contributed by atoms with Crippen LogP contribution in [0.5, 0.6) is 0 Å². The lowest BCUT2D eigenvalue weighted by atomic mass is 10.1. The van der Waals surface area contributed by atoms with Gasteiger partial charge in [0.1, 0.15) is 0 Å². The molecular formula is C16H27N3O4. The highest BCUT2D eigenvalue weighted by Gasteiger charge is 2.35. The monoisotopic (exact) mass is 325 g/mol. The zero-order valence-corrected chi connectivity index (χ0v) is 13.7. The Kier molecular flexibility index (Phi) is 5.50. The molecule has 1 amide bonds. The van der Waals surface area contributed by atoms with Gasteiger partial charge in [-0.3, -0.25) is 19.4 Å². The van der Waals surface area contributed by atoms with E-state index in [1.54, 1.807) is 0 Å². The van der Waals surface area contributed by atoms with Crippen molar-refractivity contribution in [3.63, 3.8) is 0 Å². The summed E-state index contributed by atoms with van der Waals surface area (Å²) in [4.78, 5) is 29.7. The third-order valence-electron chi connectivity index (χ3n) is 5.32. The molecule has 3 saturated heterocycles. The fraction of sp³-hybridized carbons (Fsp3) is 0.875. The number of likely N-dealkylation sites (tertiary alicyclic amines) is 1. The minimum absolute atomic E-state index is 0.0724. The highest BCUT2D eigenvalue weighted by molar-refractivity contribution is 5.79. The van der Waals surface area contributed by atoms with Gasteiger partial charge in [0.15, 0.2) is 0 Å². The van der Waals surface area contributed by atoms with Gasteiger partial charge in [-0.25, -0.2) is 0 Å². The van der Waals surface area contributed by atoms with E-state index in [9.17, 15) is 9.59 Å². The highest BCUT2D eigenvalue weighted by Crippen LogP contribution is 2.25. The number of hydrogen-bond donors (Lipinski definition) is 1.